The molecule has 5 nitrogen and oxygen atoms in total. The number of nitrogens with one attached hydrogen (secondary N) is 1. The molecule has 24 heavy (non-hydrogen) atoms. The number of ether oxygens (including phenoxy) is 3. The molecule has 0 radical (unpaired) electrons. The van der Waals surface area contributed by atoms with Crippen molar-refractivity contribution in [1.82, 2.24) is 4.72 Å². The van der Waals surface area contributed by atoms with Crippen LogP contribution in [0.25, 0.3) is 0 Å². The molecular formula is C18H31NO4S. The van der Waals surface area contributed by atoms with Gasteiger partial charge in [-0.15, -0.1) is 0 Å². The van der Waals surface area contributed by atoms with Crippen molar-refractivity contribution in [1.29, 1.82) is 0 Å². The summed E-state index contributed by atoms with van der Waals surface area (Å²) in [6.07, 6.45) is 0.616. The van der Waals surface area contributed by atoms with E-state index in [1.165, 1.54) is 0 Å². The van der Waals surface area contributed by atoms with E-state index in [2.05, 4.69) is 4.72 Å². The summed E-state index contributed by atoms with van der Waals surface area (Å²) in [7, 11) is -1.41. The molecule has 0 aromatic heterocycles. The molecular weight excluding hydrogens is 326 g/mol. The lowest BCUT2D eigenvalue weighted by atomic mass is 9.96. The van der Waals surface area contributed by atoms with Gasteiger partial charge in [-0.05, 0) is 53.2 Å². The van der Waals surface area contributed by atoms with E-state index in [1.807, 2.05) is 65.8 Å². The SMILES string of the molecule is CCOC(OCC)(OCC)[C@](C)(CC)N[S@](=O)c1ccc(C)cc1. The van der Waals surface area contributed by atoms with Gasteiger partial charge in [0.1, 0.15) is 16.5 Å². The summed E-state index contributed by atoms with van der Waals surface area (Å²) in [5.74, 6) is -1.29. The Morgan fingerprint density at radius 2 is 1.42 bits per heavy atom. The van der Waals surface area contributed by atoms with Gasteiger partial charge < -0.3 is 14.2 Å². The van der Waals surface area contributed by atoms with E-state index in [-0.39, 0.29) is 0 Å². The van der Waals surface area contributed by atoms with E-state index < -0.39 is 22.5 Å². The van der Waals surface area contributed by atoms with Gasteiger partial charge in [0.25, 0.3) is 0 Å². The molecule has 0 aliphatic heterocycles. The Bertz CT molecular complexity index is 503. The lowest BCUT2D eigenvalue weighted by Crippen LogP contribution is -2.65. The molecule has 0 saturated heterocycles. The van der Waals surface area contributed by atoms with Crippen molar-refractivity contribution in [2.24, 2.45) is 0 Å². The van der Waals surface area contributed by atoms with E-state index >= 15 is 0 Å². The fraction of sp³-hybridized carbons (Fsp3) is 0.667. The van der Waals surface area contributed by atoms with Crippen molar-refractivity contribution in [3.05, 3.63) is 29.8 Å². The highest BCUT2D eigenvalue weighted by atomic mass is 32.2. The Hall–Kier alpha value is -0.790. The lowest BCUT2D eigenvalue weighted by molar-refractivity contribution is -0.406. The van der Waals surface area contributed by atoms with Gasteiger partial charge in [-0.25, -0.2) is 8.93 Å². The van der Waals surface area contributed by atoms with Crippen molar-refractivity contribution in [3.8, 4) is 0 Å². The summed E-state index contributed by atoms with van der Waals surface area (Å²) >= 11 is 0. The Morgan fingerprint density at radius 3 is 1.79 bits per heavy atom. The molecule has 2 atom stereocenters. The molecule has 138 valence electrons. The average molecular weight is 358 g/mol. The van der Waals surface area contributed by atoms with Crippen LogP contribution in [-0.4, -0.2) is 35.5 Å². The summed E-state index contributed by atoms with van der Waals surface area (Å²) in [4.78, 5) is 0.707. The Kier molecular flexibility index (Phi) is 8.53. The molecule has 0 bridgehead atoms. The van der Waals surface area contributed by atoms with Gasteiger partial charge in [0.2, 0.25) is 0 Å². The molecule has 0 unspecified atom stereocenters. The zero-order valence-electron chi connectivity index (χ0n) is 15.7. The number of hydrogen-bond donors (Lipinski definition) is 1. The van der Waals surface area contributed by atoms with Crippen LogP contribution in [0.5, 0.6) is 0 Å². The van der Waals surface area contributed by atoms with Crippen LogP contribution in [0.4, 0.5) is 0 Å². The average Bonchev–Trinajstić information content (AvgIpc) is 2.55. The predicted molar refractivity (Wildman–Crippen MR) is 97.0 cm³/mol. The molecule has 0 heterocycles. The smallest absolute Gasteiger partial charge is 0.302 e. The second-order valence-electron chi connectivity index (χ2n) is 5.72. The third kappa shape index (κ3) is 4.86. The first kappa shape index (κ1) is 21.3. The molecule has 0 aliphatic rings. The zero-order chi connectivity index (χ0) is 18.2. The van der Waals surface area contributed by atoms with Crippen LogP contribution in [-0.2, 0) is 25.2 Å². The minimum atomic E-state index is -1.41. The van der Waals surface area contributed by atoms with Gasteiger partial charge in [0, 0.05) is 19.8 Å². The summed E-state index contributed by atoms with van der Waals surface area (Å²) in [6.45, 7) is 12.8. The van der Waals surface area contributed by atoms with Gasteiger partial charge in [-0.1, -0.05) is 24.6 Å². The van der Waals surface area contributed by atoms with Crippen LogP contribution in [0.3, 0.4) is 0 Å². The molecule has 1 aromatic carbocycles. The Morgan fingerprint density at radius 1 is 0.958 bits per heavy atom. The van der Waals surface area contributed by atoms with Crippen molar-refractivity contribution in [2.45, 2.75) is 64.4 Å². The number of rotatable bonds is 11. The lowest BCUT2D eigenvalue weighted by Gasteiger charge is -2.45. The van der Waals surface area contributed by atoms with Gasteiger partial charge in [-0.3, -0.25) is 0 Å². The number of hydrogen-bond acceptors (Lipinski definition) is 4. The molecule has 0 aliphatic carbocycles. The maximum absolute atomic E-state index is 12.8. The van der Waals surface area contributed by atoms with Crippen molar-refractivity contribution in [2.75, 3.05) is 19.8 Å². The maximum Gasteiger partial charge on any atom is 0.302 e. The number of benzene rings is 1. The molecule has 1 N–H and O–H groups in total. The maximum atomic E-state index is 12.8. The third-order valence-corrected chi connectivity index (χ3v) is 5.28. The molecule has 1 rings (SSSR count). The second-order valence-corrected chi connectivity index (χ2v) is 6.94. The fourth-order valence-electron chi connectivity index (χ4n) is 2.45. The standard InChI is InChI=1S/C18H31NO4S/c1-7-17(6,18(21-8-2,22-9-3)23-10-4)19-24(20)16-13-11-15(5)12-14-16/h11-14,19H,7-10H2,1-6H3/t17-,24+/m0/s1. The predicted octanol–water partition coefficient (Wildman–Crippen LogP) is 3.54. The Labute approximate surface area is 148 Å². The molecule has 0 spiro atoms. The summed E-state index contributed by atoms with van der Waals surface area (Å²) < 4.78 is 33.6. The molecule has 0 fully saturated rings. The third-order valence-electron chi connectivity index (χ3n) is 3.94. The van der Waals surface area contributed by atoms with E-state index in [0.717, 1.165) is 5.56 Å². The zero-order valence-corrected chi connectivity index (χ0v) is 16.5. The van der Waals surface area contributed by atoms with Gasteiger partial charge in [0.05, 0.1) is 4.90 Å². The van der Waals surface area contributed by atoms with E-state index in [0.29, 0.717) is 31.1 Å². The van der Waals surface area contributed by atoms with Crippen LogP contribution < -0.4 is 4.72 Å². The van der Waals surface area contributed by atoms with Gasteiger partial charge in [-0.2, -0.15) is 0 Å². The summed E-state index contributed by atoms with van der Waals surface area (Å²) in [5.41, 5.74) is 0.339. The number of aryl methyl sites for hydroxylation is 1. The molecule has 1 aromatic rings. The second kappa shape index (κ2) is 9.63. The van der Waals surface area contributed by atoms with Crippen LogP contribution >= 0.6 is 0 Å². The van der Waals surface area contributed by atoms with E-state index in [9.17, 15) is 4.21 Å². The van der Waals surface area contributed by atoms with Crippen LogP contribution in [0, 0.1) is 6.92 Å². The monoisotopic (exact) mass is 357 g/mol. The van der Waals surface area contributed by atoms with Gasteiger partial charge in [0.15, 0.2) is 0 Å². The largest absolute Gasteiger partial charge is 0.326 e. The fourth-order valence-corrected chi connectivity index (χ4v) is 3.63. The summed E-state index contributed by atoms with van der Waals surface area (Å²) in [5, 5.41) is 0. The summed E-state index contributed by atoms with van der Waals surface area (Å²) in [6, 6.07) is 7.61. The minimum absolute atomic E-state index is 0.425. The highest BCUT2D eigenvalue weighted by Crippen LogP contribution is 2.33. The van der Waals surface area contributed by atoms with Crippen molar-refractivity contribution in [3.63, 3.8) is 0 Å². The van der Waals surface area contributed by atoms with Crippen molar-refractivity contribution < 1.29 is 18.4 Å². The Balaban J connectivity index is 3.14. The topological polar surface area (TPSA) is 56.8 Å². The van der Waals surface area contributed by atoms with E-state index in [1.54, 1.807) is 0 Å². The molecule has 6 heteroatoms. The van der Waals surface area contributed by atoms with Crippen LogP contribution in [0.1, 0.15) is 46.6 Å². The first-order valence-electron chi connectivity index (χ1n) is 8.56. The molecule has 0 amide bonds. The normalized spacial score (nSPS) is 15.9. The highest BCUT2D eigenvalue weighted by molar-refractivity contribution is 7.83. The molecule has 0 saturated carbocycles. The quantitative estimate of drug-likeness (QED) is 0.616. The minimum Gasteiger partial charge on any atom is -0.326 e. The van der Waals surface area contributed by atoms with Crippen LogP contribution in [0.15, 0.2) is 29.2 Å². The highest BCUT2D eigenvalue weighted by Gasteiger charge is 2.52. The van der Waals surface area contributed by atoms with Crippen molar-refractivity contribution >= 4 is 11.0 Å². The first-order valence-corrected chi connectivity index (χ1v) is 9.71. The van der Waals surface area contributed by atoms with Crippen LogP contribution in [0.2, 0.25) is 0 Å². The van der Waals surface area contributed by atoms with Gasteiger partial charge >= 0.3 is 5.97 Å². The first-order chi connectivity index (χ1) is 11.4. The van der Waals surface area contributed by atoms with E-state index in [4.69, 9.17) is 14.2 Å².